The van der Waals surface area contributed by atoms with Crippen LogP contribution in [0.15, 0.2) is 24.3 Å². The van der Waals surface area contributed by atoms with Gasteiger partial charge in [0, 0.05) is 6.42 Å². The lowest BCUT2D eigenvalue weighted by Crippen LogP contribution is -2.30. The highest BCUT2D eigenvalue weighted by Gasteiger charge is 2.31. The van der Waals surface area contributed by atoms with Crippen molar-refractivity contribution in [2.45, 2.75) is 51.5 Å². The molecule has 1 atom stereocenters. The third-order valence-corrected chi connectivity index (χ3v) is 3.06. The minimum atomic E-state index is -4.67. The Hall–Kier alpha value is -1.23. The monoisotopic (exact) mass is 276 g/mol. The van der Waals surface area contributed by atoms with E-state index in [1.54, 1.807) is 12.1 Å². The number of aliphatic hydroxyl groups is 1. The highest BCUT2D eigenvalue weighted by molar-refractivity contribution is 5.28. The molecule has 0 saturated heterocycles. The summed E-state index contributed by atoms with van der Waals surface area (Å²) in [5.41, 5.74) is 0.00792. The normalized spacial score (nSPS) is 15.1. The van der Waals surface area contributed by atoms with Crippen LogP contribution in [0.25, 0.3) is 0 Å². The van der Waals surface area contributed by atoms with E-state index in [4.69, 9.17) is 0 Å². The number of benzene rings is 1. The van der Waals surface area contributed by atoms with Crippen LogP contribution in [0.3, 0.4) is 0 Å². The maximum Gasteiger partial charge on any atom is 0.573 e. The van der Waals surface area contributed by atoms with Crippen molar-refractivity contribution in [3.63, 3.8) is 0 Å². The molecule has 5 heteroatoms. The number of ether oxygens (including phenoxy) is 1. The van der Waals surface area contributed by atoms with Gasteiger partial charge in [0.25, 0.3) is 0 Å². The Kier molecular flexibility index (Phi) is 5.23. The van der Waals surface area contributed by atoms with Crippen LogP contribution in [-0.4, -0.2) is 17.1 Å². The zero-order chi connectivity index (χ0) is 14.5. The van der Waals surface area contributed by atoms with Gasteiger partial charge in [0.15, 0.2) is 0 Å². The van der Waals surface area contributed by atoms with Gasteiger partial charge < -0.3 is 9.84 Å². The molecule has 0 aliphatic carbocycles. The second-order valence-corrected chi connectivity index (χ2v) is 4.70. The molecule has 0 bridgehead atoms. The average Bonchev–Trinajstić information content (AvgIpc) is 2.30. The fourth-order valence-corrected chi connectivity index (χ4v) is 2.04. The Morgan fingerprint density at radius 3 is 2.11 bits per heavy atom. The fourth-order valence-electron chi connectivity index (χ4n) is 2.04. The second kappa shape index (κ2) is 6.28. The largest absolute Gasteiger partial charge is 0.573 e. The van der Waals surface area contributed by atoms with E-state index in [2.05, 4.69) is 4.74 Å². The van der Waals surface area contributed by atoms with Gasteiger partial charge in [0.1, 0.15) is 5.75 Å². The number of halogens is 3. The Morgan fingerprint density at radius 1 is 1.11 bits per heavy atom. The molecule has 1 rings (SSSR count). The maximum atomic E-state index is 12.0. The Balaban J connectivity index is 2.71. The molecular weight excluding hydrogens is 257 g/mol. The van der Waals surface area contributed by atoms with E-state index < -0.39 is 12.0 Å². The third-order valence-electron chi connectivity index (χ3n) is 3.06. The molecular formula is C14H19F3O2. The summed E-state index contributed by atoms with van der Waals surface area (Å²) in [5.74, 6) is -0.244. The molecule has 1 unspecified atom stereocenters. The highest BCUT2D eigenvalue weighted by Crippen LogP contribution is 2.26. The highest BCUT2D eigenvalue weighted by atomic mass is 19.4. The van der Waals surface area contributed by atoms with Gasteiger partial charge in [-0.05, 0) is 30.5 Å². The van der Waals surface area contributed by atoms with Crippen LogP contribution in [0.5, 0.6) is 5.75 Å². The van der Waals surface area contributed by atoms with Gasteiger partial charge in [0.05, 0.1) is 5.60 Å². The van der Waals surface area contributed by atoms with E-state index in [1.165, 1.54) is 12.1 Å². The molecule has 0 spiro atoms. The number of hydrogen-bond acceptors (Lipinski definition) is 2. The van der Waals surface area contributed by atoms with E-state index in [0.717, 1.165) is 12.0 Å². The van der Waals surface area contributed by atoms with Gasteiger partial charge in [-0.3, -0.25) is 0 Å². The first-order valence-electron chi connectivity index (χ1n) is 6.35. The van der Waals surface area contributed by atoms with Crippen molar-refractivity contribution in [1.82, 2.24) is 0 Å². The molecule has 0 aromatic heterocycles. The molecule has 1 aromatic carbocycles. The standard InChI is InChI=1S/C14H19F3O2/c1-3-9-13(18,4-2)10-11-5-7-12(8-6-11)19-14(15,16)17/h5-8,18H,3-4,9-10H2,1-2H3. The molecule has 0 saturated carbocycles. The van der Waals surface area contributed by atoms with Crippen LogP contribution < -0.4 is 4.74 Å². The van der Waals surface area contributed by atoms with Crippen LogP contribution in [0, 0.1) is 0 Å². The summed E-state index contributed by atoms with van der Waals surface area (Å²) >= 11 is 0. The predicted octanol–water partition coefficient (Wildman–Crippen LogP) is 4.07. The van der Waals surface area contributed by atoms with E-state index in [1.807, 2.05) is 13.8 Å². The van der Waals surface area contributed by atoms with E-state index in [9.17, 15) is 18.3 Å². The molecule has 0 fully saturated rings. The number of alkyl halides is 3. The van der Waals surface area contributed by atoms with Gasteiger partial charge in [-0.25, -0.2) is 0 Å². The SMILES string of the molecule is CCCC(O)(CC)Cc1ccc(OC(F)(F)F)cc1. The van der Waals surface area contributed by atoms with E-state index in [0.29, 0.717) is 19.3 Å². The van der Waals surface area contributed by atoms with Crippen LogP contribution >= 0.6 is 0 Å². The summed E-state index contributed by atoms with van der Waals surface area (Å²) in [6, 6.07) is 5.64. The topological polar surface area (TPSA) is 29.5 Å². The molecule has 1 aromatic rings. The van der Waals surface area contributed by atoms with Crippen molar-refractivity contribution in [2.24, 2.45) is 0 Å². The maximum absolute atomic E-state index is 12.0. The average molecular weight is 276 g/mol. The molecule has 2 nitrogen and oxygen atoms in total. The van der Waals surface area contributed by atoms with Crippen LogP contribution in [0.2, 0.25) is 0 Å². The summed E-state index contributed by atoms with van der Waals surface area (Å²) in [5, 5.41) is 10.3. The van der Waals surface area contributed by atoms with Gasteiger partial charge in [-0.2, -0.15) is 0 Å². The van der Waals surface area contributed by atoms with E-state index >= 15 is 0 Å². The molecule has 1 N–H and O–H groups in total. The lowest BCUT2D eigenvalue weighted by molar-refractivity contribution is -0.274. The Morgan fingerprint density at radius 2 is 1.68 bits per heavy atom. The van der Waals surface area contributed by atoms with Crippen LogP contribution in [0.1, 0.15) is 38.7 Å². The summed E-state index contributed by atoms with van der Waals surface area (Å²) in [6.45, 7) is 3.89. The van der Waals surface area contributed by atoms with Crippen molar-refractivity contribution in [3.8, 4) is 5.75 Å². The van der Waals surface area contributed by atoms with Crippen LogP contribution in [0.4, 0.5) is 13.2 Å². The Bertz CT molecular complexity index is 387. The zero-order valence-electron chi connectivity index (χ0n) is 11.1. The predicted molar refractivity (Wildman–Crippen MR) is 67.0 cm³/mol. The lowest BCUT2D eigenvalue weighted by atomic mass is 9.88. The third kappa shape index (κ3) is 5.51. The minimum Gasteiger partial charge on any atom is -0.406 e. The van der Waals surface area contributed by atoms with Crippen LogP contribution in [-0.2, 0) is 6.42 Å². The van der Waals surface area contributed by atoms with Crippen molar-refractivity contribution in [3.05, 3.63) is 29.8 Å². The van der Waals surface area contributed by atoms with Gasteiger partial charge in [0.2, 0.25) is 0 Å². The molecule has 0 aliphatic heterocycles. The number of hydrogen-bond donors (Lipinski definition) is 1. The van der Waals surface area contributed by atoms with Crippen molar-refractivity contribution in [1.29, 1.82) is 0 Å². The smallest absolute Gasteiger partial charge is 0.406 e. The quantitative estimate of drug-likeness (QED) is 0.848. The summed E-state index contributed by atoms with van der Waals surface area (Å²) in [7, 11) is 0. The first-order valence-corrected chi connectivity index (χ1v) is 6.35. The molecule has 0 radical (unpaired) electrons. The van der Waals surface area contributed by atoms with Crippen molar-refractivity contribution >= 4 is 0 Å². The molecule has 0 heterocycles. The van der Waals surface area contributed by atoms with Gasteiger partial charge in [-0.1, -0.05) is 32.4 Å². The summed E-state index contributed by atoms with van der Waals surface area (Å²) < 4.78 is 39.8. The summed E-state index contributed by atoms with van der Waals surface area (Å²) in [4.78, 5) is 0. The fraction of sp³-hybridized carbons (Fsp3) is 0.571. The molecule has 0 aliphatic rings. The van der Waals surface area contributed by atoms with Crippen molar-refractivity contribution < 1.29 is 23.0 Å². The first-order chi connectivity index (χ1) is 8.78. The van der Waals surface area contributed by atoms with E-state index in [-0.39, 0.29) is 5.75 Å². The molecule has 19 heavy (non-hydrogen) atoms. The molecule has 0 amide bonds. The van der Waals surface area contributed by atoms with Gasteiger partial charge in [-0.15, -0.1) is 13.2 Å². The van der Waals surface area contributed by atoms with Crippen molar-refractivity contribution in [2.75, 3.05) is 0 Å². The summed E-state index contributed by atoms with van der Waals surface area (Å²) in [6.07, 6.45) is -2.09. The van der Waals surface area contributed by atoms with Gasteiger partial charge >= 0.3 is 6.36 Å². The first kappa shape index (κ1) is 15.8. The Labute approximate surface area is 111 Å². The zero-order valence-corrected chi connectivity index (χ0v) is 11.1. The lowest BCUT2D eigenvalue weighted by Gasteiger charge is -2.26. The molecule has 108 valence electrons. The second-order valence-electron chi connectivity index (χ2n) is 4.70. The minimum absolute atomic E-state index is 0.244. The number of rotatable bonds is 6.